The van der Waals surface area contributed by atoms with Crippen molar-refractivity contribution in [3.63, 3.8) is 0 Å². The smallest absolute Gasteiger partial charge is 0.269 e. The van der Waals surface area contributed by atoms with Gasteiger partial charge in [0.25, 0.3) is 11.6 Å². The molecule has 2 rings (SSSR count). The Hall–Kier alpha value is -2.60. The number of hydrogen-bond acceptors (Lipinski definition) is 4. The Morgan fingerprint density at radius 1 is 1.29 bits per heavy atom. The Bertz CT molecular complexity index is 801. The number of rotatable bonds is 4. The van der Waals surface area contributed by atoms with Crippen LogP contribution in [0.3, 0.4) is 0 Å². The molecule has 2 aromatic carbocycles. The highest BCUT2D eigenvalue weighted by atomic mass is 35.5. The lowest BCUT2D eigenvalue weighted by atomic mass is 9.99. The fourth-order valence-electron chi connectivity index (χ4n) is 2.25. The summed E-state index contributed by atoms with van der Waals surface area (Å²) in [6, 6.07) is 6.99. The molecule has 0 aliphatic carbocycles. The van der Waals surface area contributed by atoms with Gasteiger partial charge in [-0.05, 0) is 36.6 Å². The van der Waals surface area contributed by atoms with E-state index in [1.54, 1.807) is 13.0 Å². The molecule has 6 nitrogen and oxygen atoms in total. The molecule has 0 bridgehead atoms. The zero-order chi connectivity index (χ0) is 18.0. The summed E-state index contributed by atoms with van der Waals surface area (Å²) < 4.78 is 0. The molecule has 0 aliphatic rings. The number of phenolic OH excluding ortho intramolecular Hbond substituents is 1. The number of carbonyl (C=O) groups excluding carboxylic acids is 1. The minimum absolute atomic E-state index is 0.0116. The third-order valence-electron chi connectivity index (χ3n) is 3.72. The van der Waals surface area contributed by atoms with Crippen LogP contribution in [-0.2, 0) is 0 Å². The number of aromatic hydroxyl groups is 1. The molecule has 0 aliphatic heterocycles. The van der Waals surface area contributed by atoms with Crippen LogP contribution in [0.5, 0.6) is 5.75 Å². The first-order valence-corrected chi connectivity index (χ1v) is 7.68. The first-order chi connectivity index (χ1) is 11.2. The number of phenols is 1. The van der Waals surface area contributed by atoms with Gasteiger partial charge in [0, 0.05) is 28.9 Å². The molecular weight excluding hydrogens is 332 g/mol. The number of non-ortho nitro benzene ring substituents is 1. The highest BCUT2D eigenvalue weighted by Crippen LogP contribution is 2.39. The first-order valence-electron chi connectivity index (χ1n) is 7.30. The van der Waals surface area contributed by atoms with Crippen LogP contribution in [0, 0.1) is 17.0 Å². The van der Waals surface area contributed by atoms with Gasteiger partial charge in [0.05, 0.1) is 9.95 Å². The van der Waals surface area contributed by atoms with Gasteiger partial charge in [0.15, 0.2) is 0 Å². The maximum Gasteiger partial charge on any atom is 0.269 e. The standard InChI is InChI=1S/C17H17ClN2O4/c1-9(2)13-8-14(10(3)15(18)16(13)21)19-17(22)11-4-6-12(7-5-11)20(23)24/h4-9,21H,1-3H3,(H,19,22). The predicted molar refractivity (Wildman–Crippen MR) is 93.0 cm³/mol. The summed E-state index contributed by atoms with van der Waals surface area (Å²) in [5.74, 6) is -0.375. The van der Waals surface area contributed by atoms with E-state index in [-0.39, 0.29) is 27.9 Å². The van der Waals surface area contributed by atoms with Crippen molar-refractivity contribution >= 4 is 28.9 Å². The van der Waals surface area contributed by atoms with Crippen LogP contribution in [-0.4, -0.2) is 15.9 Å². The zero-order valence-electron chi connectivity index (χ0n) is 13.5. The number of nitrogens with zero attached hydrogens (tertiary/aromatic N) is 1. The Kier molecular flexibility index (Phi) is 5.09. The molecule has 0 saturated heterocycles. The molecule has 0 unspecified atom stereocenters. The molecule has 0 radical (unpaired) electrons. The van der Waals surface area contributed by atoms with Gasteiger partial charge in [-0.3, -0.25) is 14.9 Å². The van der Waals surface area contributed by atoms with E-state index < -0.39 is 10.8 Å². The van der Waals surface area contributed by atoms with E-state index in [0.717, 1.165) is 0 Å². The number of benzene rings is 2. The molecule has 0 saturated carbocycles. The number of carbonyl (C=O) groups is 1. The van der Waals surface area contributed by atoms with E-state index in [2.05, 4.69) is 5.32 Å². The molecule has 1 amide bonds. The Labute approximate surface area is 144 Å². The van der Waals surface area contributed by atoms with Gasteiger partial charge >= 0.3 is 0 Å². The first kappa shape index (κ1) is 17.7. The van der Waals surface area contributed by atoms with Crippen molar-refractivity contribution in [3.8, 4) is 5.75 Å². The highest BCUT2D eigenvalue weighted by molar-refractivity contribution is 6.33. The molecule has 24 heavy (non-hydrogen) atoms. The lowest BCUT2D eigenvalue weighted by Gasteiger charge is -2.16. The van der Waals surface area contributed by atoms with Gasteiger partial charge in [-0.1, -0.05) is 25.4 Å². The number of halogens is 1. The van der Waals surface area contributed by atoms with Crippen LogP contribution in [0.4, 0.5) is 11.4 Å². The minimum Gasteiger partial charge on any atom is -0.506 e. The van der Waals surface area contributed by atoms with E-state index in [1.807, 2.05) is 13.8 Å². The van der Waals surface area contributed by atoms with E-state index in [9.17, 15) is 20.0 Å². The van der Waals surface area contributed by atoms with Gasteiger partial charge in [0.2, 0.25) is 0 Å². The fraction of sp³-hybridized carbons (Fsp3) is 0.235. The van der Waals surface area contributed by atoms with Crippen molar-refractivity contribution in [2.24, 2.45) is 0 Å². The van der Waals surface area contributed by atoms with Crippen molar-refractivity contribution in [2.45, 2.75) is 26.7 Å². The van der Waals surface area contributed by atoms with Crippen LogP contribution in [0.2, 0.25) is 5.02 Å². The lowest BCUT2D eigenvalue weighted by molar-refractivity contribution is -0.384. The van der Waals surface area contributed by atoms with Crippen LogP contribution in [0.25, 0.3) is 0 Å². The third-order valence-corrected chi connectivity index (χ3v) is 4.19. The van der Waals surface area contributed by atoms with Crippen LogP contribution in [0.1, 0.15) is 41.3 Å². The number of nitro groups is 1. The second-order valence-electron chi connectivity index (χ2n) is 5.71. The number of nitrogens with one attached hydrogen (secondary N) is 1. The molecule has 0 spiro atoms. The monoisotopic (exact) mass is 348 g/mol. The summed E-state index contributed by atoms with van der Waals surface area (Å²) in [5.41, 5.74) is 1.87. The summed E-state index contributed by atoms with van der Waals surface area (Å²) in [5, 5.41) is 23.7. The summed E-state index contributed by atoms with van der Waals surface area (Å²) in [6.45, 7) is 5.50. The molecule has 2 aromatic rings. The summed E-state index contributed by atoms with van der Waals surface area (Å²) in [7, 11) is 0. The van der Waals surface area contributed by atoms with Crippen LogP contribution < -0.4 is 5.32 Å². The Morgan fingerprint density at radius 3 is 2.38 bits per heavy atom. The van der Waals surface area contributed by atoms with Crippen molar-refractivity contribution in [1.29, 1.82) is 0 Å². The second kappa shape index (κ2) is 6.88. The fourth-order valence-corrected chi connectivity index (χ4v) is 2.46. The molecular formula is C17H17ClN2O4. The lowest BCUT2D eigenvalue weighted by Crippen LogP contribution is -2.13. The summed E-state index contributed by atoms with van der Waals surface area (Å²) in [6.07, 6.45) is 0. The average Bonchev–Trinajstić information content (AvgIpc) is 2.55. The Morgan fingerprint density at radius 2 is 1.88 bits per heavy atom. The predicted octanol–water partition coefficient (Wildman–Crippen LogP) is 4.64. The number of nitro benzene ring substituents is 1. The van der Waals surface area contributed by atoms with E-state index >= 15 is 0 Å². The van der Waals surface area contributed by atoms with Crippen molar-refractivity contribution in [1.82, 2.24) is 0 Å². The molecule has 0 atom stereocenters. The topological polar surface area (TPSA) is 92.5 Å². The molecule has 0 heterocycles. The largest absolute Gasteiger partial charge is 0.506 e. The molecule has 0 fully saturated rings. The van der Waals surface area contributed by atoms with E-state index in [0.29, 0.717) is 16.8 Å². The van der Waals surface area contributed by atoms with Gasteiger partial charge in [-0.15, -0.1) is 0 Å². The zero-order valence-corrected chi connectivity index (χ0v) is 14.2. The average molecular weight is 349 g/mol. The maximum absolute atomic E-state index is 12.3. The van der Waals surface area contributed by atoms with Crippen molar-refractivity contribution < 1.29 is 14.8 Å². The quantitative estimate of drug-likeness (QED) is 0.478. The number of amides is 1. The second-order valence-corrected chi connectivity index (χ2v) is 6.09. The minimum atomic E-state index is -0.527. The highest BCUT2D eigenvalue weighted by Gasteiger charge is 2.18. The van der Waals surface area contributed by atoms with Crippen molar-refractivity contribution in [3.05, 3.63) is 62.2 Å². The molecule has 2 N–H and O–H groups in total. The van der Waals surface area contributed by atoms with E-state index in [1.165, 1.54) is 24.3 Å². The summed E-state index contributed by atoms with van der Waals surface area (Å²) >= 11 is 6.14. The molecule has 7 heteroatoms. The van der Waals surface area contributed by atoms with Gasteiger partial charge < -0.3 is 10.4 Å². The number of hydrogen-bond donors (Lipinski definition) is 2. The maximum atomic E-state index is 12.3. The van der Waals surface area contributed by atoms with Crippen LogP contribution in [0.15, 0.2) is 30.3 Å². The van der Waals surface area contributed by atoms with Gasteiger partial charge in [0.1, 0.15) is 5.75 Å². The normalized spacial score (nSPS) is 10.7. The van der Waals surface area contributed by atoms with Gasteiger partial charge in [-0.2, -0.15) is 0 Å². The SMILES string of the molecule is Cc1c(NC(=O)c2ccc([N+](=O)[O-])cc2)cc(C(C)C)c(O)c1Cl. The molecule has 126 valence electrons. The van der Waals surface area contributed by atoms with Crippen molar-refractivity contribution in [2.75, 3.05) is 5.32 Å². The summed E-state index contributed by atoms with van der Waals surface area (Å²) in [4.78, 5) is 22.5. The van der Waals surface area contributed by atoms with Gasteiger partial charge in [-0.25, -0.2) is 0 Å². The van der Waals surface area contributed by atoms with Crippen LogP contribution >= 0.6 is 11.6 Å². The third kappa shape index (κ3) is 3.49. The number of anilines is 1. The van der Waals surface area contributed by atoms with E-state index in [4.69, 9.17) is 11.6 Å². The molecule has 0 aromatic heterocycles. The Balaban J connectivity index is 2.33.